The van der Waals surface area contributed by atoms with Gasteiger partial charge in [0.1, 0.15) is 24.0 Å². The Morgan fingerprint density at radius 1 is 1.13 bits per heavy atom. The minimum Gasteiger partial charge on any atom is -0.507 e. The number of nitrogens with one attached hydrogen (secondary N) is 1. The van der Waals surface area contributed by atoms with Crippen LogP contribution in [0.3, 0.4) is 0 Å². The molecule has 1 atom stereocenters. The van der Waals surface area contributed by atoms with E-state index >= 15 is 0 Å². The normalized spacial score (nSPS) is 14.7. The van der Waals surface area contributed by atoms with Crippen molar-refractivity contribution < 1.29 is 19.4 Å². The molecular weight excluding hydrogens is 378 g/mol. The molecule has 0 aromatic heterocycles. The number of benzene rings is 3. The van der Waals surface area contributed by atoms with Gasteiger partial charge in [-0.1, -0.05) is 42.5 Å². The molecule has 0 radical (unpaired) electrons. The first-order chi connectivity index (χ1) is 14.5. The molecule has 1 aliphatic heterocycles. The third-order valence-corrected chi connectivity index (χ3v) is 5.63. The van der Waals surface area contributed by atoms with Crippen molar-refractivity contribution in [1.82, 2.24) is 0 Å². The summed E-state index contributed by atoms with van der Waals surface area (Å²) >= 11 is 0. The van der Waals surface area contributed by atoms with Crippen molar-refractivity contribution in [2.45, 2.75) is 26.3 Å². The highest BCUT2D eigenvalue weighted by atomic mass is 16.5. The van der Waals surface area contributed by atoms with Crippen LogP contribution in [0, 0.1) is 13.8 Å². The molecule has 1 aliphatic rings. The van der Waals surface area contributed by atoms with Gasteiger partial charge in [-0.25, -0.2) is 0 Å². The van der Waals surface area contributed by atoms with E-state index in [0.29, 0.717) is 18.9 Å². The van der Waals surface area contributed by atoms with Gasteiger partial charge in [0.15, 0.2) is 0 Å². The van der Waals surface area contributed by atoms with E-state index < -0.39 is 0 Å². The van der Waals surface area contributed by atoms with Crippen LogP contribution in [0.15, 0.2) is 54.6 Å². The van der Waals surface area contributed by atoms with Crippen molar-refractivity contribution in [2.24, 2.45) is 0 Å². The molecule has 4 rings (SSSR count). The third-order valence-electron chi connectivity index (χ3n) is 5.63. The van der Waals surface area contributed by atoms with Crippen LogP contribution in [0.25, 0.3) is 11.1 Å². The fourth-order valence-electron chi connectivity index (χ4n) is 4.03. The predicted octanol–water partition coefficient (Wildman–Crippen LogP) is 4.94. The summed E-state index contributed by atoms with van der Waals surface area (Å²) in [4.78, 5) is 11.9. The number of para-hydroxylation sites is 1. The molecule has 0 bridgehead atoms. The first-order valence-electron chi connectivity index (χ1n) is 9.95. The lowest BCUT2D eigenvalue weighted by Crippen LogP contribution is -2.15. The fourth-order valence-corrected chi connectivity index (χ4v) is 4.03. The second-order valence-electron chi connectivity index (χ2n) is 7.57. The zero-order valence-corrected chi connectivity index (χ0v) is 17.4. The summed E-state index contributed by atoms with van der Waals surface area (Å²) in [6.45, 7) is 4.87. The Morgan fingerprint density at radius 2 is 1.87 bits per heavy atom. The lowest BCUT2D eigenvalue weighted by molar-refractivity contribution is -0.142. The average molecular weight is 403 g/mol. The largest absolute Gasteiger partial charge is 0.507 e. The monoisotopic (exact) mass is 403 g/mol. The maximum Gasteiger partial charge on any atom is 0.316 e. The smallest absolute Gasteiger partial charge is 0.316 e. The molecule has 5 nitrogen and oxygen atoms in total. The van der Waals surface area contributed by atoms with E-state index in [-0.39, 0.29) is 17.6 Å². The summed E-state index contributed by atoms with van der Waals surface area (Å²) in [5, 5.41) is 14.3. The van der Waals surface area contributed by atoms with E-state index in [0.717, 1.165) is 39.1 Å². The molecule has 154 valence electrons. The fraction of sp³-hybridized carbons (Fsp3) is 0.240. The number of hydrogen-bond donors (Lipinski definition) is 2. The van der Waals surface area contributed by atoms with Crippen LogP contribution in [0.2, 0.25) is 0 Å². The highest BCUT2D eigenvalue weighted by Gasteiger charge is 2.31. The minimum atomic E-state index is -0.378. The molecule has 0 fully saturated rings. The lowest BCUT2D eigenvalue weighted by Gasteiger charge is -2.15. The molecule has 3 aromatic rings. The highest BCUT2D eigenvalue weighted by molar-refractivity contribution is 5.81. The SMILES string of the molecule is COC(=O)C1COc2cc(NCc3cccc(-c4c(C)cccc4C)c3O)ccc21. The standard InChI is InChI=1S/C25H25NO4/c1-15-6-4-7-16(2)23(15)20-9-5-8-17(24(20)27)13-26-18-10-11-19-21(25(28)29-3)14-30-22(19)12-18/h4-12,21,26-27H,13-14H2,1-3H3. The van der Waals surface area contributed by atoms with Crippen LogP contribution in [-0.2, 0) is 16.1 Å². The van der Waals surface area contributed by atoms with Crippen LogP contribution in [0.1, 0.15) is 28.2 Å². The Hall–Kier alpha value is -3.47. The summed E-state index contributed by atoms with van der Waals surface area (Å²) in [6.07, 6.45) is 0. The Balaban J connectivity index is 1.55. The number of ether oxygens (including phenoxy) is 2. The summed E-state index contributed by atoms with van der Waals surface area (Å²) < 4.78 is 10.5. The second kappa shape index (κ2) is 8.11. The quantitative estimate of drug-likeness (QED) is 0.591. The van der Waals surface area contributed by atoms with Gasteiger partial charge >= 0.3 is 5.97 Å². The van der Waals surface area contributed by atoms with E-state index in [1.165, 1.54) is 7.11 Å². The number of phenolic OH excluding ortho intramolecular Hbond substituents is 1. The van der Waals surface area contributed by atoms with Crippen molar-refractivity contribution in [2.75, 3.05) is 19.0 Å². The Labute approximate surface area is 176 Å². The number of aromatic hydroxyl groups is 1. The van der Waals surface area contributed by atoms with Crippen molar-refractivity contribution in [3.05, 3.63) is 76.9 Å². The molecule has 30 heavy (non-hydrogen) atoms. The molecule has 3 aromatic carbocycles. The number of anilines is 1. The van der Waals surface area contributed by atoms with Gasteiger partial charge < -0.3 is 19.9 Å². The molecule has 0 aliphatic carbocycles. The van der Waals surface area contributed by atoms with Gasteiger partial charge in [-0.05, 0) is 36.6 Å². The lowest BCUT2D eigenvalue weighted by atomic mass is 9.93. The van der Waals surface area contributed by atoms with Crippen LogP contribution in [0.4, 0.5) is 5.69 Å². The molecule has 1 heterocycles. The topological polar surface area (TPSA) is 67.8 Å². The average Bonchev–Trinajstić information content (AvgIpc) is 3.16. The summed E-state index contributed by atoms with van der Waals surface area (Å²) in [5.74, 6) is 0.300. The molecule has 0 amide bonds. The highest BCUT2D eigenvalue weighted by Crippen LogP contribution is 2.38. The summed E-state index contributed by atoms with van der Waals surface area (Å²) in [5.41, 5.74) is 6.67. The van der Waals surface area contributed by atoms with Gasteiger partial charge in [0.2, 0.25) is 0 Å². The van der Waals surface area contributed by atoms with E-state index in [1.807, 2.05) is 42.5 Å². The maximum atomic E-state index is 11.9. The zero-order valence-electron chi connectivity index (χ0n) is 17.4. The summed E-state index contributed by atoms with van der Waals surface area (Å²) in [7, 11) is 1.38. The molecule has 0 saturated carbocycles. The molecule has 1 unspecified atom stereocenters. The van der Waals surface area contributed by atoms with Gasteiger partial charge in [-0.15, -0.1) is 0 Å². The zero-order chi connectivity index (χ0) is 21.3. The van der Waals surface area contributed by atoms with E-state index in [1.54, 1.807) is 0 Å². The molecular formula is C25H25NO4. The number of methoxy groups -OCH3 is 1. The number of hydrogen-bond acceptors (Lipinski definition) is 5. The number of rotatable bonds is 5. The predicted molar refractivity (Wildman–Crippen MR) is 117 cm³/mol. The molecule has 5 heteroatoms. The molecule has 0 spiro atoms. The van der Waals surface area contributed by atoms with Gasteiger partial charge in [0.25, 0.3) is 0 Å². The van der Waals surface area contributed by atoms with Gasteiger partial charge in [-0.3, -0.25) is 4.79 Å². The minimum absolute atomic E-state index is 0.283. The molecule has 0 saturated heterocycles. The van der Waals surface area contributed by atoms with Crippen LogP contribution in [-0.4, -0.2) is 24.8 Å². The Bertz CT molecular complexity index is 1090. The van der Waals surface area contributed by atoms with E-state index in [4.69, 9.17) is 9.47 Å². The number of carbonyl (C=O) groups excluding carboxylic acids is 1. The first kappa shape index (κ1) is 19.8. The van der Waals surface area contributed by atoms with Crippen molar-refractivity contribution in [3.63, 3.8) is 0 Å². The van der Waals surface area contributed by atoms with Crippen LogP contribution < -0.4 is 10.1 Å². The maximum absolute atomic E-state index is 11.9. The van der Waals surface area contributed by atoms with Gasteiger partial charge in [0, 0.05) is 35.0 Å². The first-order valence-corrected chi connectivity index (χ1v) is 9.95. The number of aryl methyl sites for hydroxylation is 2. The van der Waals surface area contributed by atoms with Crippen molar-refractivity contribution in [3.8, 4) is 22.6 Å². The summed E-state index contributed by atoms with van der Waals surface area (Å²) in [6, 6.07) is 17.6. The number of phenols is 1. The Morgan fingerprint density at radius 3 is 2.60 bits per heavy atom. The van der Waals surface area contributed by atoms with Gasteiger partial charge in [0.05, 0.1) is 7.11 Å². The van der Waals surface area contributed by atoms with Crippen molar-refractivity contribution >= 4 is 11.7 Å². The van der Waals surface area contributed by atoms with E-state index in [2.05, 4.69) is 31.3 Å². The van der Waals surface area contributed by atoms with Gasteiger partial charge in [-0.2, -0.15) is 0 Å². The number of esters is 1. The molecule has 2 N–H and O–H groups in total. The Kier molecular flexibility index (Phi) is 5.36. The number of carbonyl (C=O) groups is 1. The van der Waals surface area contributed by atoms with Crippen LogP contribution >= 0.6 is 0 Å². The van der Waals surface area contributed by atoms with E-state index in [9.17, 15) is 9.90 Å². The van der Waals surface area contributed by atoms with Crippen LogP contribution in [0.5, 0.6) is 11.5 Å². The number of fused-ring (bicyclic) bond motifs is 1. The second-order valence-corrected chi connectivity index (χ2v) is 7.57. The third kappa shape index (κ3) is 3.59. The van der Waals surface area contributed by atoms with Crippen molar-refractivity contribution in [1.29, 1.82) is 0 Å².